The monoisotopic (exact) mass is 389 g/mol. The van der Waals surface area contributed by atoms with Crippen LogP contribution >= 0.6 is 12.2 Å². The number of thiocarbonyl (C=S) groups is 1. The number of benzene rings is 2. The number of carbonyl (C=O) groups excluding carboxylic acids is 1. The summed E-state index contributed by atoms with van der Waals surface area (Å²) >= 11 is 5.41. The fourth-order valence-electron chi connectivity index (χ4n) is 3.01. The molecule has 7 heteroatoms. The normalized spacial score (nSPS) is 14.7. The molecule has 1 heterocycles. The lowest BCUT2D eigenvalue weighted by Crippen LogP contribution is -2.47. The Balaban J connectivity index is 1.51. The van der Waals surface area contributed by atoms with E-state index in [0.29, 0.717) is 42.3 Å². The minimum Gasteiger partial charge on any atom is -0.349 e. The Kier molecular flexibility index (Phi) is 6.01. The van der Waals surface area contributed by atoms with Crippen LogP contribution in [0.4, 0.5) is 14.5 Å². The van der Waals surface area contributed by atoms with Gasteiger partial charge < -0.3 is 15.5 Å². The lowest BCUT2D eigenvalue weighted by Gasteiger charge is -2.34. The zero-order chi connectivity index (χ0) is 19.4. The first-order valence-corrected chi connectivity index (χ1v) is 9.22. The molecule has 1 aliphatic heterocycles. The van der Waals surface area contributed by atoms with Crippen LogP contribution in [0.25, 0.3) is 0 Å². The minimum atomic E-state index is -0.525. The van der Waals surface area contributed by atoms with Crippen LogP contribution in [-0.4, -0.2) is 35.1 Å². The van der Waals surface area contributed by atoms with Crippen LogP contribution in [0.3, 0.4) is 0 Å². The van der Waals surface area contributed by atoms with Crippen molar-refractivity contribution in [3.05, 3.63) is 65.2 Å². The molecule has 0 unspecified atom stereocenters. The number of nitrogens with one attached hydrogen (secondary N) is 2. The summed E-state index contributed by atoms with van der Waals surface area (Å²) in [5.41, 5.74) is 1.24. The number of likely N-dealkylation sites (tertiary alicyclic amines) is 1. The van der Waals surface area contributed by atoms with Gasteiger partial charge >= 0.3 is 0 Å². The fraction of sp³-hybridized carbons (Fsp3) is 0.300. The number of halogens is 2. The van der Waals surface area contributed by atoms with Crippen molar-refractivity contribution in [3.8, 4) is 0 Å². The molecule has 2 aromatic rings. The summed E-state index contributed by atoms with van der Waals surface area (Å²) in [4.78, 5) is 14.2. The molecule has 0 saturated carbocycles. The Morgan fingerprint density at radius 1 is 1.11 bits per heavy atom. The predicted molar refractivity (Wildman–Crippen MR) is 106 cm³/mol. The summed E-state index contributed by atoms with van der Waals surface area (Å²) < 4.78 is 27.4. The molecular weight excluding hydrogens is 368 g/mol. The highest BCUT2D eigenvalue weighted by Crippen LogP contribution is 2.17. The van der Waals surface area contributed by atoms with Gasteiger partial charge in [0, 0.05) is 24.8 Å². The van der Waals surface area contributed by atoms with Gasteiger partial charge in [-0.05, 0) is 61.8 Å². The van der Waals surface area contributed by atoms with Gasteiger partial charge in [0.2, 0.25) is 0 Å². The third kappa shape index (κ3) is 4.80. The molecule has 3 rings (SSSR count). The molecule has 4 nitrogen and oxygen atoms in total. The van der Waals surface area contributed by atoms with E-state index in [1.165, 1.54) is 18.2 Å². The van der Waals surface area contributed by atoms with Crippen molar-refractivity contribution in [1.82, 2.24) is 10.2 Å². The summed E-state index contributed by atoms with van der Waals surface area (Å²) in [7, 11) is 0. The number of aryl methyl sites for hydroxylation is 1. The zero-order valence-electron chi connectivity index (χ0n) is 15.0. The molecule has 1 amide bonds. The first-order valence-electron chi connectivity index (χ1n) is 8.81. The van der Waals surface area contributed by atoms with Crippen molar-refractivity contribution >= 4 is 28.9 Å². The van der Waals surface area contributed by atoms with Gasteiger partial charge in [-0.15, -0.1) is 0 Å². The molecule has 0 aromatic heterocycles. The van der Waals surface area contributed by atoms with Crippen molar-refractivity contribution in [2.45, 2.75) is 25.8 Å². The largest absolute Gasteiger partial charge is 0.349 e. The molecule has 0 radical (unpaired) electrons. The van der Waals surface area contributed by atoms with Crippen LogP contribution in [0.1, 0.15) is 28.8 Å². The van der Waals surface area contributed by atoms with Crippen LogP contribution in [-0.2, 0) is 0 Å². The molecule has 2 N–H and O–H groups in total. The van der Waals surface area contributed by atoms with Crippen LogP contribution in [0.5, 0.6) is 0 Å². The van der Waals surface area contributed by atoms with Gasteiger partial charge in [0.1, 0.15) is 11.6 Å². The maximum atomic E-state index is 13.7. The van der Waals surface area contributed by atoms with Gasteiger partial charge in [-0.2, -0.15) is 0 Å². The SMILES string of the molecule is Cc1ccc(NC(=S)N2CCC(NC(=O)c3ccccc3F)CC2)cc1F. The lowest BCUT2D eigenvalue weighted by molar-refractivity contribution is 0.0918. The first kappa shape index (κ1) is 19.2. The lowest BCUT2D eigenvalue weighted by atomic mass is 10.0. The number of carbonyl (C=O) groups is 1. The number of nitrogens with zero attached hydrogens (tertiary/aromatic N) is 1. The van der Waals surface area contributed by atoms with Gasteiger partial charge in [-0.3, -0.25) is 4.79 Å². The highest BCUT2D eigenvalue weighted by atomic mass is 32.1. The van der Waals surface area contributed by atoms with Gasteiger partial charge in [0.05, 0.1) is 5.56 Å². The van der Waals surface area contributed by atoms with Crippen LogP contribution in [0.15, 0.2) is 42.5 Å². The van der Waals surface area contributed by atoms with Crippen molar-refractivity contribution in [2.24, 2.45) is 0 Å². The Morgan fingerprint density at radius 3 is 2.48 bits per heavy atom. The summed E-state index contributed by atoms with van der Waals surface area (Å²) in [6, 6.07) is 10.8. The molecule has 142 valence electrons. The molecule has 0 bridgehead atoms. The molecule has 2 aromatic carbocycles. The second-order valence-electron chi connectivity index (χ2n) is 6.61. The topological polar surface area (TPSA) is 44.4 Å². The van der Waals surface area contributed by atoms with Gasteiger partial charge in [-0.1, -0.05) is 18.2 Å². The van der Waals surface area contributed by atoms with Crippen LogP contribution in [0, 0.1) is 18.6 Å². The van der Waals surface area contributed by atoms with Crippen molar-refractivity contribution in [1.29, 1.82) is 0 Å². The van der Waals surface area contributed by atoms with Gasteiger partial charge in [-0.25, -0.2) is 8.78 Å². The minimum absolute atomic E-state index is 0.0343. The Hall–Kier alpha value is -2.54. The average molecular weight is 389 g/mol. The van der Waals surface area contributed by atoms with Gasteiger partial charge in [0.15, 0.2) is 5.11 Å². The van der Waals surface area contributed by atoms with Crippen LogP contribution < -0.4 is 10.6 Å². The zero-order valence-corrected chi connectivity index (χ0v) is 15.8. The molecule has 1 aliphatic rings. The summed E-state index contributed by atoms with van der Waals surface area (Å²) in [5, 5.41) is 6.45. The molecule has 1 saturated heterocycles. The summed E-state index contributed by atoms with van der Waals surface area (Å²) in [6.45, 7) is 3.02. The van der Waals surface area contributed by atoms with E-state index in [0.717, 1.165) is 0 Å². The van der Waals surface area contributed by atoms with Gasteiger partial charge in [0.25, 0.3) is 5.91 Å². The van der Waals surface area contributed by atoms with E-state index in [9.17, 15) is 13.6 Å². The highest BCUT2D eigenvalue weighted by Gasteiger charge is 2.23. The number of anilines is 1. The second kappa shape index (κ2) is 8.43. The highest BCUT2D eigenvalue weighted by molar-refractivity contribution is 7.80. The quantitative estimate of drug-likeness (QED) is 0.783. The molecular formula is C20H21F2N3OS. The van der Waals surface area contributed by atoms with E-state index in [-0.39, 0.29) is 17.4 Å². The number of piperidine rings is 1. The summed E-state index contributed by atoms with van der Waals surface area (Å²) in [6.07, 6.45) is 1.40. The molecule has 1 fully saturated rings. The van der Waals surface area contributed by atoms with E-state index in [1.54, 1.807) is 31.2 Å². The number of amides is 1. The molecule has 27 heavy (non-hydrogen) atoms. The molecule has 0 atom stereocenters. The third-order valence-corrected chi connectivity index (χ3v) is 5.02. The standard InChI is InChI=1S/C20H21F2N3OS/c1-13-6-7-15(12-18(13)22)24-20(27)25-10-8-14(9-11-25)23-19(26)16-4-2-3-5-17(16)21/h2-7,12,14H,8-11H2,1H3,(H,23,26)(H,24,27). The third-order valence-electron chi connectivity index (χ3n) is 4.66. The fourth-order valence-corrected chi connectivity index (χ4v) is 3.31. The van der Waals surface area contributed by atoms with E-state index >= 15 is 0 Å². The van der Waals surface area contributed by atoms with E-state index < -0.39 is 11.7 Å². The Morgan fingerprint density at radius 2 is 1.81 bits per heavy atom. The maximum Gasteiger partial charge on any atom is 0.254 e. The predicted octanol–water partition coefficient (Wildman–Crippen LogP) is 3.86. The number of hydrogen-bond donors (Lipinski definition) is 2. The van der Waals surface area contributed by atoms with Crippen molar-refractivity contribution in [2.75, 3.05) is 18.4 Å². The van der Waals surface area contributed by atoms with E-state index in [2.05, 4.69) is 10.6 Å². The first-order chi connectivity index (χ1) is 12.9. The average Bonchev–Trinajstić information content (AvgIpc) is 2.65. The Bertz CT molecular complexity index is 851. The van der Waals surface area contributed by atoms with Crippen molar-refractivity contribution < 1.29 is 13.6 Å². The van der Waals surface area contributed by atoms with E-state index in [4.69, 9.17) is 12.2 Å². The Labute approximate surface area is 162 Å². The smallest absolute Gasteiger partial charge is 0.254 e. The molecule has 0 aliphatic carbocycles. The molecule has 0 spiro atoms. The number of hydrogen-bond acceptors (Lipinski definition) is 2. The van der Waals surface area contributed by atoms with Crippen LogP contribution in [0.2, 0.25) is 0 Å². The second-order valence-corrected chi connectivity index (χ2v) is 7.00. The summed E-state index contributed by atoms with van der Waals surface area (Å²) in [5.74, 6) is -1.21. The van der Waals surface area contributed by atoms with Crippen molar-refractivity contribution in [3.63, 3.8) is 0 Å². The van der Waals surface area contributed by atoms with E-state index in [1.807, 2.05) is 4.90 Å². The maximum absolute atomic E-state index is 13.7. The number of rotatable bonds is 3.